The van der Waals surface area contributed by atoms with E-state index in [1.165, 1.54) is 22.1 Å². The third-order valence-electron chi connectivity index (χ3n) is 3.16. The molecule has 0 amide bonds. The van der Waals surface area contributed by atoms with Crippen LogP contribution in [-0.4, -0.2) is 32.8 Å². The lowest BCUT2D eigenvalue weighted by Crippen LogP contribution is -2.36. The smallest absolute Gasteiger partial charge is 0.0642 e. The van der Waals surface area contributed by atoms with Gasteiger partial charge in [0, 0.05) is 29.8 Å². The Morgan fingerprint density at radius 3 is 2.78 bits per heavy atom. The van der Waals surface area contributed by atoms with Gasteiger partial charge >= 0.3 is 0 Å². The fourth-order valence-electron chi connectivity index (χ4n) is 2.10. The minimum atomic E-state index is 0.831. The Hall–Kier alpha value is -0.580. The largest absolute Gasteiger partial charge is 0.378 e. The van der Waals surface area contributed by atoms with Crippen molar-refractivity contribution in [3.63, 3.8) is 0 Å². The van der Waals surface area contributed by atoms with Gasteiger partial charge in [-0.15, -0.1) is 0 Å². The normalized spacial score (nSPS) is 16.0. The van der Waals surface area contributed by atoms with Crippen LogP contribution >= 0.6 is 15.9 Å². The SMILES string of the molecule is CCCNCc1ccc(N2CCOCC2)cc1Br. The van der Waals surface area contributed by atoms with E-state index in [1.807, 2.05) is 0 Å². The van der Waals surface area contributed by atoms with Crippen LogP contribution < -0.4 is 10.2 Å². The lowest BCUT2D eigenvalue weighted by atomic mass is 10.2. The van der Waals surface area contributed by atoms with Gasteiger partial charge in [-0.05, 0) is 30.7 Å². The molecule has 1 fully saturated rings. The number of halogens is 1. The first-order valence-corrected chi connectivity index (χ1v) is 7.42. The summed E-state index contributed by atoms with van der Waals surface area (Å²) in [6.07, 6.45) is 1.17. The number of nitrogens with one attached hydrogen (secondary N) is 1. The molecule has 3 nitrogen and oxygen atoms in total. The number of hydrogen-bond acceptors (Lipinski definition) is 3. The second kappa shape index (κ2) is 7.12. The average molecular weight is 313 g/mol. The number of benzene rings is 1. The predicted octanol–water partition coefficient (Wildman–Crippen LogP) is 2.79. The zero-order chi connectivity index (χ0) is 12.8. The van der Waals surface area contributed by atoms with Crippen LogP contribution in [0.5, 0.6) is 0 Å². The molecule has 1 N–H and O–H groups in total. The molecular weight excluding hydrogens is 292 g/mol. The van der Waals surface area contributed by atoms with Crippen molar-refractivity contribution in [2.45, 2.75) is 19.9 Å². The average Bonchev–Trinajstić information content (AvgIpc) is 2.42. The Balaban J connectivity index is 1.99. The van der Waals surface area contributed by atoms with Crippen LogP contribution in [0.2, 0.25) is 0 Å². The van der Waals surface area contributed by atoms with E-state index in [1.54, 1.807) is 0 Å². The molecule has 18 heavy (non-hydrogen) atoms. The zero-order valence-electron chi connectivity index (χ0n) is 10.9. The highest BCUT2D eigenvalue weighted by molar-refractivity contribution is 9.10. The van der Waals surface area contributed by atoms with Crippen LogP contribution in [0.15, 0.2) is 22.7 Å². The molecule has 0 radical (unpaired) electrons. The maximum atomic E-state index is 5.38. The number of rotatable bonds is 5. The first-order valence-electron chi connectivity index (χ1n) is 6.63. The van der Waals surface area contributed by atoms with E-state index in [0.29, 0.717) is 0 Å². The van der Waals surface area contributed by atoms with Gasteiger partial charge in [0.1, 0.15) is 0 Å². The fraction of sp³-hybridized carbons (Fsp3) is 0.571. The minimum absolute atomic E-state index is 0.831. The first kappa shape index (κ1) is 13.8. The summed E-state index contributed by atoms with van der Waals surface area (Å²) in [4.78, 5) is 2.37. The third kappa shape index (κ3) is 3.70. The van der Waals surface area contributed by atoms with E-state index in [2.05, 4.69) is 51.3 Å². The van der Waals surface area contributed by atoms with Crippen LogP contribution in [0.25, 0.3) is 0 Å². The fourth-order valence-corrected chi connectivity index (χ4v) is 2.60. The van der Waals surface area contributed by atoms with Gasteiger partial charge in [0.05, 0.1) is 13.2 Å². The Morgan fingerprint density at radius 2 is 2.11 bits per heavy atom. The molecule has 1 aromatic rings. The molecule has 1 aromatic carbocycles. The van der Waals surface area contributed by atoms with E-state index in [9.17, 15) is 0 Å². The van der Waals surface area contributed by atoms with Gasteiger partial charge in [-0.1, -0.05) is 28.9 Å². The molecule has 4 heteroatoms. The van der Waals surface area contributed by atoms with Crippen LogP contribution in [-0.2, 0) is 11.3 Å². The van der Waals surface area contributed by atoms with Gasteiger partial charge in [0.2, 0.25) is 0 Å². The Bertz CT molecular complexity index is 378. The van der Waals surface area contributed by atoms with E-state index in [4.69, 9.17) is 4.74 Å². The van der Waals surface area contributed by atoms with E-state index >= 15 is 0 Å². The highest BCUT2D eigenvalue weighted by Crippen LogP contribution is 2.24. The number of ether oxygens (including phenoxy) is 1. The summed E-state index contributed by atoms with van der Waals surface area (Å²) in [5.41, 5.74) is 2.60. The first-order chi connectivity index (χ1) is 8.81. The van der Waals surface area contributed by atoms with Gasteiger partial charge in [-0.3, -0.25) is 0 Å². The lowest BCUT2D eigenvalue weighted by molar-refractivity contribution is 0.122. The summed E-state index contributed by atoms with van der Waals surface area (Å²) in [6, 6.07) is 6.63. The molecule has 2 rings (SSSR count). The van der Waals surface area contributed by atoms with Gasteiger partial charge in [0.15, 0.2) is 0 Å². The van der Waals surface area contributed by atoms with Crippen molar-refractivity contribution in [2.24, 2.45) is 0 Å². The van der Waals surface area contributed by atoms with E-state index < -0.39 is 0 Å². The van der Waals surface area contributed by atoms with Crippen LogP contribution in [0.4, 0.5) is 5.69 Å². The van der Waals surface area contributed by atoms with Gasteiger partial charge < -0.3 is 15.0 Å². The topological polar surface area (TPSA) is 24.5 Å². The molecule has 1 saturated heterocycles. The number of anilines is 1. The minimum Gasteiger partial charge on any atom is -0.378 e. The number of nitrogens with zero attached hydrogens (tertiary/aromatic N) is 1. The quantitative estimate of drug-likeness (QED) is 0.846. The lowest BCUT2D eigenvalue weighted by Gasteiger charge is -2.29. The Kier molecular flexibility index (Phi) is 5.47. The summed E-state index contributed by atoms with van der Waals surface area (Å²) in [7, 11) is 0. The summed E-state index contributed by atoms with van der Waals surface area (Å²) < 4.78 is 6.57. The number of morpholine rings is 1. The van der Waals surface area contributed by atoms with Crippen LogP contribution in [0.3, 0.4) is 0 Å². The van der Waals surface area contributed by atoms with Crippen molar-refractivity contribution in [1.82, 2.24) is 5.32 Å². The molecule has 0 aromatic heterocycles. The van der Waals surface area contributed by atoms with Crippen molar-refractivity contribution in [3.05, 3.63) is 28.2 Å². The van der Waals surface area contributed by atoms with E-state index in [-0.39, 0.29) is 0 Å². The van der Waals surface area contributed by atoms with Crippen molar-refractivity contribution >= 4 is 21.6 Å². The molecule has 0 unspecified atom stereocenters. The molecule has 100 valence electrons. The standard InChI is InChI=1S/C14H21BrN2O/c1-2-5-16-11-12-3-4-13(10-14(12)15)17-6-8-18-9-7-17/h3-4,10,16H,2,5-9,11H2,1H3. The Morgan fingerprint density at radius 1 is 1.33 bits per heavy atom. The number of hydrogen-bond donors (Lipinski definition) is 1. The Labute approximate surface area is 118 Å². The molecule has 0 spiro atoms. The second-order valence-corrected chi connectivity index (χ2v) is 5.41. The third-order valence-corrected chi connectivity index (χ3v) is 3.89. The summed E-state index contributed by atoms with van der Waals surface area (Å²) in [6.45, 7) is 7.81. The van der Waals surface area contributed by atoms with Crippen molar-refractivity contribution in [1.29, 1.82) is 0 Å². The zero-order valence-corrected chi connectivity index (χ0v) is 12.5. The molecule has 0 atom stereocenters. The molecule has 0 saturated carbocycles. The molecule has 1 heterocycles. The summed E-state index contributed by atoms with van der Waals surface area (Å²) in [5.74, 6) is 0. The van der Waals surface area contributed by atoms with Crippen molar-refractivity contribution in [3.8, 4) is 0 Å². The van der Waals surface area contributed by atoms with Crippen LogP contribution in [0, 0.1) is 0 Å². The maximum absolute atomic E-state index is 5.38. The maximum Gasteiger partial charge on any atom is 0.0642 e. The van der Waals surface area contributed by atoms with Gasteiger partial charge in [-0.2, -0.15) is 0 Å². The van der Waals surface area contributed by atoms with Gasteiger partial charge in [-0.25, -0.2) is 0 Å². The highest BCUT2D eigenvalue weighted by Gasteiger charge is 2.12. The predicted molar refractivity (Wildman–Crippen MR) is 79.2 cm³/mol. The summed E-state index contributed by atoms with van der Waals surface area (Å²) >= 11 is 3.67. The molecule has 1 aliphatic heterocycles. The molecule has 1 aliphatic rings. The van der Waals surface area contributed by atoms with E-state index in [0.717, 1.165) is 39.4 Å². The van der Waals surface area contributed by atoms with Crippen molar-refractivity contribution in [2.75, 3.05) is 37.7 Å². The second-order valence-electron chi connectivity index (χ2n) is 4.55. The molecule has 0 bridgehead atoms. The van der Waals surface area contributed by atoms with Crippen molar-refractivity contribution < 1.29 is 4.74 Å². The highest BCUT2D eigenvalue weighted by atomic mass is 79.9. The van der Waals surface area contributed by atoms with Gasteiger partial charge in [0.25, 0.3) is 0 Å². The molecular formula is C14H21BrN2O. The van der Waals surface area contributed by atoms with Crippen LogP contribution in [0.1, 0.15) is 18.9 Å². The molecule has 0 aliphatic carbocycles. The monoisotopic (exact) mass is 312 g/mol. The summed E-state index contributed by atoms with van der Waals surface area (Å²) in [5, 5.41) is 3.43.